The number of carbonyl (C=O) groups excluding carboxylic acids is 3. The van der Waals surface area contributed by atoms with E-state index in [0.717, 1.165) is 0 Å². The molecule has 0 aromatic carbocycles. The fourth-order valence-electron chi connectivity index (χ4n) is 2.92. The van der Waals surface area contributed by atoms with Crippen molar-refractivity contribution in [3.63, 3.8) is 0 Å². The Labute approximate surface area is 100 Å². The van der Waals surface area contributed by atoms with Crippen molar-refractivity contribution in [1.82, 2.24) is 4.90 Å². The summed E-state index contributed by atoms with van der Waals surface area (Å²) in [6, 6.07) is -0.499. The van der Waals surface area contributed by atoms with Crippen molar-refractivity contribution in [2.75, 3.05) is 6.61 Å². The number of hydrogen-bond donors (Lipinski definition) is 0. The number of hydrogen-bond acceptors (Lipinski definition) is 4. The molecule has 0 saturated carbocycles. The molecule has 0 spiro atoms. The van der Waals surface area contributed by atoms with E-state index in [0.29, 0.717) is 25.9 Å². The van der Waals surface area contributed by atoms with Crippen LogP contribution in [0, 0.1) is 0 Å². The zero-order valence-electron chi connectivity index (χ0n) is 10.2. The Morgan fingerprint density at radius 2 is 2.24 bits per heavy atom. The number of carbonyl (C=O) groups is 3. The van der Waals surface area contributed by atoms with Crippen LogP contribution in [0.4, 0.5) is 0 Å². The van der Waals surface area contributed by atoms with Crippen LogP contribution >= 0.6 is 0 Å². The molecule has 0 aliphatic carbocycles. The van der Waals surface area contributed by atoms with Gasteiger partial charge >= 0.3 is 5.97 Å². The summed E-state index contributed by atoms with van der Waals surface area (Å²) in [5.41, 5.74) is -0.482. The van der Waals surface area contributed by atoms with Gasteiger partial charge in [-0.3, -0.25) is 9.59 Å². The van der Waals surface area contributed by atoms with Crippen LogP contribution in [0.15, 0.2) is 0 Å². The highest BCUT2D eigenvalue weighted by Gasteiger charge is 2.52. The predicted octanol–water partition coefficient (Wildman–Crippen LogP) is 0.662. The number of rotatable bonds is 2. The predicted molar refractivity (Wildman–Crippen MR) is 59.1 cm³/mol. The first-order valence-corrected chi connectivity index (χ1v) is 5.98. The molecule has 2 atom stereocenters. The molecule has 5 nitrogen and oxygen atoms in total. The van der Waals surface area contributed by atoms with Crippen LogP contribution in [0.5, 0.6) is 0 Å². The van der Waals surface area contributed by atoms with Crippen LogP contribution in [0.3, 0.4) is 0 Å². The average Bonchev–Trinajstić information content (AvgIpc) is 2.55. The van der Waals surface area contributed by atoms with Crippen molar-refractivity contribution in [3.8, 4) is 0 Å². The molecular formula is C12H17NO4. The van der Waals surface area contributed by atoms with Gasteiger partial charge in [-0.25, -0.2) is 4.79 Å². The normalized spacial score (nSPS) is 32.6. The van der Waals surface area contributed by atoms with Crippen molar-refractivity contribution in [2.24, 2.45) is 0 Å². The molecule has 5 heteroatoms. The van der Waals surface area contributed by atoms with Crippen molar-refractivity contribution < 1.29 is 19.1 Å². The topological polar surface area (TPSA) is 63.7 Å². The largest absolute Gasteiger partial charge is 0.464 e. The van der Waals surface area contributed by atoms with E-state index in [1.165, 1.54) is 0 Å². The Morgan fingerprint density at radius 3 is 2.88 bits per heavy atom. The third-order valence-electron chi connectivity index (χ3n) is 3.60. The molecular weight excluding hydrogens is 222 g/mol. The third-order valence-corrected chi connectivity index (χ3v) is 3.60. The van der Waals surface area contributed by atoms with E-state index in [1.54, 1.807) is 11.8 Å². The second kappa shape index (κ2) is 4.13. The zero-order valence-corrected chi connectivity index (χ0v) is 10.2. The Kier molecular flexibility index (Phi) is 2.93. The molecule has 0 bridgehead atoms. The SMILES string of the molecule is CCOC(=O)C1CCC2(C)CC(=O)CC(=O)N12. The number of fused-ring (bicyclic) bond motifs is 1. The Bertz CT molecular complexity index is 379. The molecule has 0 aromatic rings. The fourth-order valence-corrected chi connectivity index (χ4v) is 2.92. The van der Waals surface area contributed by atoms with E-state index < -0.39 is 11.6 Å². The lowest BCUT2D eigenvalue weighted by Crippen LogP contribution is -2.56. The van der Waals surface area contributed by atoms with Gasteiger partial charge in [-0.2, -0.15) is 0 Å². The van der Waals surface area contributed by atoms with Crippen LogP contribution in [0.1, 0.15) is 39.5 Å². The third kappa shape index (κ3) is 1.94. The van der Waals surface area contributed by atoms with E-state index in [4.69, 9.17) is 4.74 Å². The Balaban J connectivity index is 2.22. The molecule has 2 unspecified atom stereocenters. The molecule has 2 aliphatic rings. The van der Waals surface area contributed by atoms with Gasteiger partial charge in [0.1, 0.15) is 11.8 Å². The van der Waals surface area contributed by atoms with Crippen LogP contribution < -0.4 is 0 Å². The number of amides is 1. The molecule has 2 heterocycles. The highest BCUT2D eigenvalue weighted by molar-refractivity contribution is 6.03. The summed E-state index contributed by atoms with van der Waals surface area (Å²) in [7, 11) is 0. The summed E-state index contributed by atoms with van der Waals surface area (Å²) < 4.78 is 4.98. The highest BCUT2D eigenvalue weighted by Crippen LogP contribution is 2.40. The summed E-state index contributed by atoms with van der Waals surface area (Å²) >= 11 is 0. The van der Waals surface area contributed by atoms with E-state index >= 15 is 0 Å². The number of nitrogens with zero attached hydrogens (tertiary/aromatic N) is 1. The summed E-state index contributed by atoms with van der Waals surface area (Å²) in [6.45, 7) is 3.93. The molecule has 1 amide bonds. The molecule has 2 fully saturated rings. The van der Waals surface area contributed by atoms with Crippen LogP contribution in [0.2, 0.25) is 0 Å². The minimum atomic E-state index is -0.499. The quantitative estimate of drug-likeness (QED) is 0.524. The van der Waals surface area contributed by atoms with Gasteiger partial charge in [-0.1, -0.05) is 0 Å². The second-order valence-corrected chi connectivity index (χ2v) is 4.96. The van der Waals surface area contributed by atoms with Gasteiger partial charge in [0.2, 0.25) is 5.91 Å². The van der Waals surface area contributed by atoms with E-state index in [9.17, 15) is 14.4 Å². The minimum absolute atomic E-state index is 0.0294. The lowest BCUT2D eigenvalue weighted by Gasteiger charge is -2.40. The van der Waals surface area contributed by atoms with Crippen molar-refractivity contribution in [1.29, 1.82) is 0 Å². The summed E-state index contributed by atoms with van der Waals surface area (Å²) in [4.78, 5) is 36.7. The first-order chi connectivity index (χ1) is 7.98. The first-order valence-electron chi connectivity index (χ1n) is 5.98. The molecule has 0 N–H and O–H groups in total. The monoisotopic (exact) mass is 239 g/mol. The van der Waals surface area contributed by atoms with Crippen molar-refractivity contribution in [2.45, 2.75) is 51.1 Å². The summed E-state index contributed by atoms with van der Waals surface area (Å²) in [6.07, 6.45) is 1.56. The zero-order chi connectivity index (χ0) is 12.6. The second-order valence-electron chi connectivity index (χ2n) is 4.96. The molecule has 2 saturated heterocycles. The smallest absolute Gasteiger partial charge is 0.328 e. The summed E-state index contributed by atoms with van der Waals surface area (Å²) in [5.74, 6) is -0.614. The number of Topliss-reactive ketones (excluding diaryl/α,β-unsaturated/α-hetero) is 1. The maximum Gasteiger partial charge on any atom is 0.328 e. The first kappa shape index (κ1) is 12.1. The van der Waals surface area contributed by atoms with E-state index in [-0.39, 0.29) is 24.1 Å². The number of esters is 1. The molecule has 0 aromatic heterocycles. The number of ether oxygens (including phenoxy) is 1. The summed E-state index contributed by atoms with van der Waals surface area (Å²) in [5, 5.41) is 0. The van der Waals surface area contributed by atoms with Crippen LogP contribution in [-0.4, -0.2) is 40.7 Å². The molecule has 17 heavy (non-hydrogen) atoms. The van der Waals surface area contributed by atoms with Crippen molar-refractivity contribution in [3.05, 3.63) is 0 Å². The molecule has 2 aliphatic heterocycles. The van der Waals surface area contributed by atoms with E-state index in [2.05, 4.69) is 0 Å². The Morgan fingerprint density at radius 1 is 1.53 bits per heavy atom. The standard InChI is InChI=1S/C12H17NO4/c1-3-17-11(16)9-4-5-12(2)7-8(14)6-10(15)13(9)12/h9H,3-7H2,1-2H3. The van der Waals surface area contributed by atoms with Crippen LogP contribution in [-0.2, 0) is 19.1 Å². The van der Waals surface area contributed by atoms with Gasteiger partial charge in [-0.15, -0.1) is 0 Å². The van der Waals surface area contributed by atoms with Gasteiger partial charge < -0.3 is 9.64 Å². The average molecular weight is 239 g/mol. The maximum atomic E-state index is 11.9. The Hall–Kier alpha value is -1.39. The molecule has 0 radical (unpaired) electrons. The maximum absolute atomic E-state index is 11.9. The lowest BCUT2D eigenvalue weighted by molar-refractivity contribution is -0.160. The molecule has 94 valence electrons. The van der Waals surface area contributed by atoms with Gasteiger partial charge in [0, 0.05) is 12.0 Å². The van der Waals surface area contributed by atoms with Gasteiger partial charge in [0.15, 0.2) is 0 Å². The van der Waals surface area contributed by atoms with Crippen molar-refractivity contribution >= 4 is 17.7 Å². The van der Waals surface area contributed by atoms with Gasteiger partial charge in [0.05, 0.1) is 13.0 Å². The molecule has 2 rings (SSSR count). The minimum Gasteiger partial charge on any atom is -0.464 e. The van der Waals surface area contributed by atoms with Gasteiger partial charge in [0.25, 0.3) is 0 Å². The number of ketones is 1. The van der Waals surface area contributed by atoms with Crippen LogP contribution in [0.25, 0.3) is 0 Å². The number of piperidine rings is 1. The highest BCUT2D eigenvalue weighted by atomic mass is 16.5. The van der Waals surface area contributed by atoms with E-state index in [1.807, 2.05) is 6.92 Å². The van der Waals surface area contributed by atoms with Gasteiger partial charge in [-0.05, 0) is 26.7 Å². The lowest BCUT2D eigenvalue weighted by atomic mass is 9.87. The fraction of sp³-hybridized carbons (Fsp3) is 0.750.